The maximum absolute atomic E-state index is 11.4. The Balaban J connectivity index is 3.15. The fourth-order valence-corrected chi connectivity index (χ4v) is 2.65. The summed E-state index contributed by atoms with van der Waals surface area (Å²) in [4.78, 5) is 10.0. The number of hydrogen-bond donors (Lipinski definition) is 1. The Labute approximate surface area is 118 Å². The molecule has 0 heterocycles. The van der Waals surface area contributed by atoms with E-state index >= 15 is 0 Å². The number of benzene rings is 1. The van der Waals surface area contributed by atoms with Crippen molar-refractivity contribution < 1.29 is 18.3 Å². The number of halogens is 1. The maximum atomic E-state index is 11.4. The second-order valence-corrected chi connectivity index (χ2v) is 7.17. The largest absolute Gasteiger partial charge is 0.480 e. The van der Waals surface area contributed by atoms with Gasteiger partial charge in [-0.2, -0.15) is 0 Å². The van der Waals surface area contributed by atoms with Crippen LogP contribution in [0.4, 0.5) is 0 Å². The van der Waals surface area contributed by atoms with E-state index in [9.17, 15) is 18.3 Å². The number of sulfone groups is 1. The number of alkyl halides is 1. The van der Waals surface area contributed by atoms with Crippen molar-refractivity contribution in [3.8, 4) is 0 Å². The number of rotatable bonds is 6. The molecule has 1 rings (SSSR count). The van der Waals surface area contributed by atoms with Gasteiger partial charge in [-0.1, -0.05) is 31.9 Å². The van der Waals surface area contributed by atoms with Crippen molar-refractivity contribution in [3.63, 3.8) is 0 Å². The molecule has 0 aliphatic carbocycles. The molecule has 0 radical (unpaired) electrons. The van der Waals surface area contributed by atoms with E-state index in [-0.39, 0.29) is 4.90 Å². The van der Waals surface area contributed by atoms with Crippen LogP contribution in [0.5, 0.6) is 0 Å². The third-order valence-corrected chi connectivity index (χ3v) is 4.65. The van der Waals surface area contributed by atoms with Gasteiger partial charge in [-0.3, -0.25) is 0 Å². The molecule has 106 valence electrons. The van der Waals surface area contributed by atoms with E-state index in [4.69, 9.17) is 11.6 Å². The minimum absolute atomic E-state index is 0.149. The van der Waals surface area contributed by atoms with Gasteiger partial charge in [0, 0.05) is 6.26 Å². The van der Waals surface area contributed by atoms with Crippen molar-refractivity contribution in [1.82, 2.24) is 0 Å². The molecule has 6 heteroatoms. The zero-order chi connectivity index (χ0) is 14.7. The second-order valence-electron chi connectivity index (χ2n) is 4.51. The molecule has 0 aliphatic rings. The highest BCUT2D eigenvalue weighted by molar-refractivity contribution is 7.90. The first-order chi connectivity index (χ1) is 8.71. The predicted molar refractivity (Wildman–Crippen MR) is 74.2 cm³/mol. The van der Waals surface area contributed by atoms with Crippen molar-refractivity contribution in [2.75, 3.05) is 6.26 Å². The van der Waals surface area contributed by atoms with Crippen LogP contribution in [0, 0.1) is 0 Å². The molecule has 0 aliphatic heterocycles. The first kappa shape index (κ1) is 16.0. The summed E-state index contributed by atoms with van der Waals surface area (Å²) >= 11 is 6.20. The molecule has 1 N–H and O–H groups in total. The number of carboxylic acids is 1. The fourth-order valence-electron chi connectivity index (χ4n) is 1.76. The summed E-state index contributed by atoms with van der Waals surface area (Å²) in [5, 5.41) is 9.29. The summed E-state index contributed by atoms with van der Waals surface area (Å²) < 4.78 is 22.7. The molecule has 0 aromatic heterocycles. The van der Waals surface area contributed by atoms with Crippen LogP contribution in [-0.4, -0.2) is 25.7 Å². The Kier molecular flexibility index (Phi) is 4.98. The van der Waals surface area contributed by atoms with Crippen molar-refractivity contribution >= 4 is 27.4 Å². The van der Waals surface area contributed by atoms with Gasteiger partial charge in [0.15, 0.2) is 14.7 Å². The summed E-state index contributed by atoms with van der Waals surface area (Å²) in [6.45, 7) is 1.95. The Morgan fingerprint density at radius 2 is 1.84 bits per heavy atom. The molecule has 1 aromatic rings. The Morgan fingerprint density at radius 1 is 1.32 bits per heavy atom. The van der Waals surface area contributed by atoms with Crippen LogP contribution in [0.25, 0.3) is 0 Å². The zero-order valence-electron chi connectivity index (χ0n) is 10.9. The fraction of sp³-hybridized carbons (Fsp3) is 0.462. The number of carboxylic acid groups (broad SMARTS) is 1. The van der Waals surface area contributed by atoms with E-state index in [1.807, 2.05) is 6.92 Å². The van der Waals surface area contributed by atoms with E-state index in [1.54, 1.807) is 0 Å². The lowest BCUT2D eigenvalue weighted by Gasteiger charge is -2.22. The second kappa shape index (κ2) is 5.92. The number of unbranched alkanes of at least 4 members (excludes halogenated alkanes) is 1. The summed E-state index contributed by atoms with van der Waals surface area (Å²) in [7, 11) is -3.29. The molecule has 1 unspecified atom stereocenters. The van der Waals surface area contributed by atoms with E-state index in [0.717, 1.165) is 12.7 Å². The standard InChI is InChI=1S/C13H17ClO4S/c1-3-4-9-13(14,12(15)16)10-5-7-11(8-6-10)19(2,17)18/h5-8H,3-4,9H2,1-2H3,(H,15,16). The normalized spacial score (nSPS) is 14.9. The highest BCUT2D eigenvalue weighted by atomic mass is 35.5. The van der Waals surface area contributed by atoms with E-state index in [0.29, 0.717) is 18.4 Å². The number of hydrogen-bond acceptors (Lipinski definition) is 3. The van der Waals surface area contributed by atoms with Crippen molar-refractivity contribution in [2.24, 2.45) is 0 Å². The molecule has 0 fully saturated rings. The van der Waals surface area contributed by atoms with Crippen LogP contribution in [0.3, 0.4) is 0 Å². The molecule has 1 atom stereocenters. The molecular formula is C13H17ClO4S. The van der Waals surface area contributed by atoms with Gasteiger partial charge in [-0.25, -0.2) is 13.2 Å². The summed E-state index contributed by atoms with van der Waals surface area (Å²) in [6, 6.07) is 5.70. The van der Waals surface area contributed by atoms with E-state index < -0.39 is 20.7 Å². The minimum atomic E-state index is -3.29. The van der Waals surface area contributed by atoms with Crippen LogP contribution < -0.4 is 0 Å². The minimum Gasteiger partial charge on any atom is -0.480 e. The van der Waals surface area contributed by atoms with Crippen molar-refractivity contribution in [1.29, 1.82) is 0 Å². The van der Waals surface area contributed by atoms with Gasteiger partial charge >= 0.3 is 5.97 Å². The van der Waals surface area contributed by atoms with E-state index in [2.05, 4.69) is 0 Å². The predicted octanol–water partition coefficient (Wildman–Crippen LogP) is 2.80. The molecule has 4 nitrogen and oxygen atoms in total. The van der Waals surface area contributed by atoms with Gasteiger partial charge in [0.05, 0.1) is 4.90 Å². The van der Waals surface area contributed by atoms with Crippen molar-refractivity contribution in [3.05, 3.63) is 29.8 Å². The SMILES string of the molecule is CCCCC(Cl)(C(=O)O)c1ccc(S(C)(=O)=O)cc1. The van der Waals surface area contributed by atoms with Crippen LogP contribution >= 0.6 is 11.6 Å². The van der Waals surface area contributed by atoms with Crippen LogP contribution in [-0.2, 0) is 19.5 Å². The van der Waals surface area contributed by atoms with Crippen LogP contribution in [0.15, 0.2) is 29.2 Å². The average molecular weight is 305 g/mol. The molecule has 1 aromatic carbocycles. The first-order valence-electron chi connectivity index (χ1n) is 5.94. The lowest BCUT2D eigenvalue weighted by Crippen LogP contribution is -2.29. The quantitative estimate of drug-likeness (QED) is 0.820. The number of aliphatic carboxylic acids is 1. The highest BCUT2D eigenvalue weighted by Crippen LogP contribution is 2.35. The monoisotopic (exact) mass is 304 g/mol. The molecule has 0 bridgehead atoms. The van der Waals surface area contributed by atoms with Crippen LogP contribution in [0.2, 0.25) is 0 Å². The Morgan fingerprint density at radius 3 is 2.21 bits per heavy atom. The summed E-state index contributed by atoms with van der Waals surface area (Å²) in [5.74, 6) is -1.12. The summed E-state index contributed by atoms with van der Waals surface area (Å²) in [5.41, 5.74) is 0.405. The lowest BCUT2D eigenvalue weighted by molar-refractivity contribution is -0.140. The van der Waals surface area contributed by atoms with Gasteiger partial charge in [0.1, 0.15) is 0 Å². The average Bonchev–Trinajstić information content (AvgIpc) is 2.34. The Bertz CT molecular complexity index is 551. The van der Waals surface area contributed by atoms with Gasteiger partial charge in [-0.05, 0) is 24.1 Å². The number of carbonyl (C=O) groups is 1. The summed E-state index contributed by atoms with van der Waals surface area (Å²) in [6.07, 6.45) is 2.93. The molecule has 19 heavy (non-hydrogen) atoms. The molecule has 0 spiro atoms. The Hall–Kier alpha value is -1.07. The zero-order valence-corrected chi connectivity index (χ0v) is 12.5. The smallest absolute Gasteiger partial charge is 0.329 e. The van der Waals surface area contributed by atoms with Crippen LogP contribution in [0.1, 0.15) is 31.7 Å². The topological polar surface area (TPSA) is 71.4 Å². The van der Waals surface area contributed by atoms with Crippen molar-refractivity contribution in [2.45, 2.75) is 36.0 Å². The third kappa shape index (κ3) is 3.70. The lowest BCUT2D eigenvalue weighted by atomic mass is 9.93. The van der Waals surface area contributed by atoms with E-state index in [1.165, 1.54) is 24.3 Å². The highest BCUT2D eigenvalue weighted by Gasteiger charge is 2.37. The van der Waals surface area contributed by atoms with Gasteiger partial charge in [0.25, 0.3) is 0 Å². The first-order valence-corrected chi connectivity index (χ1v) is 8.21. The van der Waals surface area contributed by atoms with Gasteiger partial charge in [0.2, 0.25) is 0 Å². The molecule has 0 saturated heterocycles. The third-order valence-electron chi connectivity index (χ3n) is 2.95. The molecule has 0 saturated carbocycles. The van der Waals surface area contributed by atoms with Gasteiger partial charge < -0.3 is 5.11 Å². The van der Waals surface area contributed by atoms with Gasteiger partial charge in [-0.15, -0.1) is 11.6 Å². The molecule has 0 amide bonds. The molecular weight excluding hydrogens is 288 g/mol. The maximum Gasteiger partial charge on any atom is 0.329 e.